The third-order valence-electron chi connectivity index (χ3n) is 4.23. The minimum Gasteiger partial charge on any atom is -0.399 e. The first-order valence-electron chi connectivity index (χ1n) is 7.62. The van der Waals surface area contributed by atoms with E-state index in [9.17, 15) is 0 Å². The molecule has 23 heavy (non-hydrogen) atoms. The Hall–Kier alpha value is -2.34. The summed E-state index contributed by atoms with van der Waals surface area (Å²) in [6, 6.07) is 9.99. The summed E-state index contributed by atoms with van der Waals surface area (Å²) in [5.41, 5.74) is 9.55. The van der Waals surface area contributed by atoms with Crippen LogP contribution in [0, 0.1) is 0 Å². The number of nitrogens with zero attached hydrogens (tertiary/aromatic N) is 3. The van der Waals surface area contributed by atoms with Gasteiger partial charge in [0.2, 0.25) is 0 Å². The minimum absolute atomic E-state index is 0.300. The molecule has 5 nitrogen and oxygen atoms in total. The van der Waals surface area contributed by atoms with Gasteiger partial charge in [0.25, 0.3) is 0 Å². The largest absolute Gasteiger partial charge is 0.399 e. The molecule has 3 N–H and O–H groups in total. The van der Waals surface area contributed by atoms with Gasteiger partial charge in [-0.3, -0.25) is 0 Å². The van der Waals surface area contributed by atoms with E-state index in [1.165, 1.54) is 0 Å². The highest BCUT2D eigenvalue weighted by atomic mass is 32.2. The van der Waals surface area contributed by atoms with E-state index in [4.69, 9.17) is 5.73 Å². The summed E-state index contributed by atoms with van der Waals surface area (Å²) in [5, 5.41) is 1.07. The van der Waals surface area contributed by atoms with Gasteiger partial charge in [-0.05, 0) is 23.8 Å². The summed E-state index contributed by atoms with van der Waals surface area (Å²) >= 11 is 0. The highest BCUT2D eigenvalue weighted by Gasteiger charge is 2.18. The Kier molecular flexibility index (Phi) is 3.53. The first kappa shape index (κ1) is 14.3. The zero-order valence-corrected chi connectivity index (χ0v) is 13.6. The van der Waals surface area contributed by atoms with Crippen LogP contribution in [-0.4, -0.2) is 45.4 Å². The highest BCUT2D eigenvalue weighted by Crippen LogP contribution is 2.30. The molecule has 1 aromatic carbocycles. The van der Waals surface area contributed by atoms with E-state index in [-0.39, 0.29) is 0 Å². The minimum atomic E-state index is 0.300. The van der Waals surface area contributed by atoms with E-state index in [1.807, 2.05) is 24.3 Å². The SMILES string of the molecule is C=S1CCN(c2ncnc3[nH]c(-c4ccc(N)cc4)cc23)CC1. The number of aromatic amines is 1. The zero-order chi connectivity index (χ0) is 15.8. The lowest BCUT2D eigenvalue weighted by Crippen LogP contribution is -2.34. The van der Waals surface area contributed by atoms with E-state index in [1.54, 1.807) is 6.33 Å². The van der Waals surface area contributed by atoms with E-state index in [2.05, 4.69) is 31.8 Å². The first-order valence-corrected chi connectivity index (χ1v) is 9.36. The van der Waals surface area contributed by atoms with Crippen LogP contribution in [0.4, 0.5) is 11.5 Å². The molecule has 0 saturated carbocycles. The maximum absolute atomic E-state index is 5.77. The first-order chi connectivity index (χ1) is 11.2. The van der Waals surface area contributed by atoms with Crippen molar-refractivity contribution in [2.45, 2.75) is 0 Å². The molecule has 118 valence electrons. The molecule has 2 aromatic heterocycles. The fraction of sp³-hybridized carbons (Fsp3) is 0.235. The number of nitrogens with one attached hydrogen (secondary N) is 1. The van der Waals surface area contributed by atoms with Gasteiger partial charge in [-0.15, -0.1) is 0 Å². The second kappa shape index (κ2) is 5.70. The summed E-state index contributed by atoms with van der Waals surface area (Å²) in [7, 11) is 0.300. The normalized spacial score (nSPS) is 16.1. The number of nitrogen functional groups attached to an aromatic ring is 1. The smallest absolute Gasteiger partial charge is 0.143 e. The molecule has 0 radical (unpaired) electrons. The Morgan fingerprint density at radius 2 is 1.87 bits per heavy atom. The van der Waals surface area contributed by atoms with Crippen LogP contribution >= 0.6 is 10.5 Å². The number of benzene rings is 1. The molecule has 0 atom stereocenters. The third-order valence-corrected chi connectivity index (χ3v) is 5.75. The topological polar surface area (TPSA) is 70.8 Å². The van der Waals surface area contributed by atoms with Crippen molar-refractivity contribution in [2.24, 2.45) is 0 Å². The van der Waals surface area contributed by atoms with Crippen molar-refractivity contribution < 1.29 is 0 Å². The maximum atomic E-state index is 5.77. The molecule has 0 amide bonds. The number of H-pyrrole nitrogens is 1. The summed E-state index contributed by atoms with van der Waals surface area (Å²) in [5.74, 6) is 7.49. The number of anilines is 2. The molecular formula is C17H19N5S. The molecule has 0 unspecified atom stereocenters. The fourth-order valence-electron chi connectivity index (χ4n) is 2.90. The van der Waals surface area contributed by atoms with Crippen LogP contribution in [0.5, 0.6) is 0 Å². The van der Waals surface area contributed by atoms with E-state index in [0.717, 1.165) is 58.4 Å². The molecule has 3 aromatic rings. The van der Waals surface area contributed by atoms with Gasteiger partial charge in [-0.1, -0.05) is 18.0 Å². The lowest BCUT2D eigenvalue weighted by Gasteiger charge is -2.29. The van der Waals surface area contributed by atoms with Crippen molar-refractivity contribution in [3.8, 4) is 11.3 Å². The molecule has 6 heteroatoms. The average Bonchev–Trinajstić information content (AvgIpc) is 3.00. The van der Waals surface area contributed by atoms with Gasteiger partial charge in [-0.2, -0.15) is 10.5 Å². The summed E-state index contributed by atoms with van der Waals surface area (Å²) in [4.78, 5) is 14.7. The molecule has 4 rings (SSSR count). The lowest BCUT2D eigenvalue weighted by molar-refractivity contribution is 0.841. The number of nitrogens with two attached hydrogens (primary N) is 1. The van der Waals surface area contributed by atoms with Crippen molar-refractivity contribution >= 4 is 38.9 Å². The Labute approximate surface area is 137 Å². The summed E-state index contributed by atoms with van der Waals surface area (Å²) in [6.07, 6.45) is 1.64. The van der Waals surface area contributed by atoms with Crippen LogP contribution in [-0.2, 0) is 0 Å². The molecule has 1 aliphatic rings. The Bertz CT molecular complexity index is 858. The monoisotopic (exact) mass is 325 g/mol. The van der Waals surface area contributed by atoms with Gasteiger partial charge >= 0.3 is 0 Å². The van der Waals surface area contributed by atoms with Crippen LogP contribution in [0.3, 0.4) is 0 Å². The number of fused-ring (bicyclic) bond motifs is 1. The maximum Gasteiger partial charge on any atom is 0.143 e. The second-order valence-electron chi connectivity index (χ2n) is 5.77. The highest BCUT2D eigenvalue weighted by molar-refractivity contribution is 8.14. The van der Waals surface area contributed by atoms with Crippen molar-refractivity contribution in [2.75, 3.05) is 35.2 Å². The fourth-order valence-corrected chi connectivity index (χ4v) is 4.06. The molecule has 1 fully saturated rings. The molecule has 0 spiro atoms. The Morgan fingerprint density at radius 3 is 2.61 bits per heavy atom. The average molecular weight is 325 g/mol. The molecule has 3 heterocycles. The molecule has 1 saturated heterocycles. The van der Waals surface area contributed by atoms with Crippen molar-refractivity contribution in [3.05, 3.63) is 36.7 Å². The van der Waals surface area contributed by atoms with E-state index < -0.39 is 0 Å². The number of hydrogen-bond acceptors (Lipinski definition) is 4. The van der Waals surface area contributed by atoms with Crippen LogP contribution in [0.1, 0.15) is 0 Å². The van der Waals surface area contributed by atoms with E-state index in [0.29, 0.717) is 10.5 Å². The van der Waals surface area contributed by atoms with Crippen LogP contribution < -0.4 is 10.6 Å². The number of hydrogen-bond donors (Lipinski definition) is 2. The van der Waals surface area contributed by atoms with Crippen LogP contribution in [0.15, 0.2) is 36.7 Å². The van der Waals surface area contributed by atoms with E-state index >= 15 is 0 Å². The molecule has 0 aliphatic carbocycles. The van der Waals surface area contributed by atoms with Gasteiger partial charge in [0.05, 0.1) is 5.39 Å². The van der Waals surface area contributed by atoms with Crippen LogP contribution in [0.25, 0.3) is 22.3 Å². The summed E-state index contributed by atoms with van der Waals surface area (Å²) in [6.45, 7) is 2.03. The van der Waals surface area contributed by atoms with Crippen molar-refractivity contribution in [1.29, 1.82) is 0 Å². The standard InChI is InChI=1S/C17H19N5S/c1-23-8-6-22(7-9-23)17-14-10-15(21-16(14)19-11-20-17)12-2-4-13(18)5-3-12/h2-5,10-11H,1,6-9,18H2,(H,19,20,21). The predicted octanol–water partition coefficient (Wildman–Crippen LogP) is 2.73. The van der Waals surface area contributed by atoms with Gasteiger partial charge in [0.1, 0.15) is 17.8 Å². The van der Waals surface area contributed by atoms with Gasteiger partial charge in [-0.25, -0.2) is 9.97 Å². The molecule has 0 bridgehead atoms. The van der Waals surface area contributed by atoms with Crippen LogP contribution in [0.2, 0.25) is 0 Å². The lowest BCUT2D eigenvalue weighted by atomic mass is 10.1. The predicted molar refractivity (Wildman–Crippen MR) is 100 cm³/mol. The summed E-state index contributed by atoms with van der Waals surface area (Å²) < 4.78 is 0. The second-order valence-corrected chi connectivity index (χ2v) is 7.81. The Balaban J connectivity index is 1.75. The van der Waals surface area contributed by atoms with Gasteiger partial charge in [0, 0.05) is 36.0 Å². The quantitative estimate of drug-likeness (QED) is 0.561. The van der Waals surface area contributed by atoms with Crippen molar-refractivity contribution in [3.63, 3.8) is 0 Å². The third kappa shape index (κ3) is 2.70. The van der Waals surface area contributed by atoms with Crippen molar-refractivity contribution in [1.82, 2.24) is 15.0 Å². The van der Waals surface area contributed by atoms with Gasteiger partial charge < -0.3 is 15.6 Å². The molecule has 1 aliphatic heterocycles. The van der Waals surface area contributed by atoms with Gasteiger partial charge in [0.15, 0.2) is 0 Å². The number of aromatic nitrogens is 3. The number of rotatable bonds is 2. The molecular weight excluding hydrogens is 306 g/mol. The Morgan fingerprint density at radius 1 is 1.13 bits per heavy atom. The zero-order valence-electron chi connectivity index (χ0n) is 12.8.